The fraction of sp³-hybridized carbons (Fsp3) is 0.412. The number of aryl methyl sites for hydroxylation is 1. The molecule has 0 radical (unpaired) electrons. The number of aromatic nitrogens is 5. The topological polar surface area (TPSA) is 122 Å². The molecule has 16 heteroatoms. The average molecular weight is 715 g/mol. The maximum Gasteiger partial charge on any atom is 0.416 e. The van der Waals surface area contributed by atoms with E-state index in [1.165, 1.54) is 4.52 Å². The Balaban J connectivity index is 1.41. The summed E-state index contributed by atoms with van der Waals surface area (Å²) in [4.78, 5) is 35.4. The lowest BCUT2D eigenvalue weighted by molar-refractivity contribution is -0.137. The highest BCUT2D eigenvalue weighted by molar-refractivity contribution is 6.33. The number of fused-ring (bicyclic) bond motifs is 2. The van der Waals surface area contributed by atoms with Gasteiger partial charge in [-0.2, -0.15) is 22.7 Å². The number of alkyl halides is 3. The first-order chi connectivity index (χ1) is 23.6. The SMILES string of the molecule is CCc1c(N2CCN(C(=O)OC(C)(C)C)CC2)c(=O)n2nc(-c3cc4ccccc4n3C)nc2n1CC(O)Nc1ccc(C(F)(F)F)cc1Cl. The van der Waals surface area contributed by atoms with Crippen LogP contribution in [0.2, 0.25) is 5.02 Å². The van der Waals surface area contributed by atoms with Gasteiger partial charge in [-0.05, 0) is 57.5 Å². The predicted molar refractivity (Wildman–Crippen MR) is 185 cm³/mol. The molecule has 1 unspecified atom stereocenters. The van der Waals surface area contributed by atoms with Crippen LogP contribution in [0.1, 0.15) is 39.0 Å². The van der Waals surface area contributed by atoms with Crippen LogP contribution in [0.25, 0.3) is 28.2 Å². The van der Waals surface area contributed by atoms with Crippen molar-refractivity contribution in [3.05, 3.63) is 75.2 Å². The summed E-state index contributed by atoms with van der Waals surface area (Å²) in [6.45, 7) is 8.38. The molecule has 2 N–H and O–H groups in total. The zero-order valence-corrected chi connectivity index (χ0v) is 29.0. The quantitative estimate of drug-likeness (QED) is 0.204. The predicted octanol–water partition coefficient (Wildman–Crippen LogP) is 5.77. The van der Waals surface area contributed by atoms with E-state index in [-0.39, 0.29) is 28.9 Å². The van der Waals surface area contributed by atoms with Gasteiger partial charge in [-0.3, -0.25) is 4.79 Å². The number of aliphatic hydroxyl groups excluding tert-OH is 1. The van der Waals surface area contributed by atoms with Crippen LogP contribution in [0.3, 0.4) is 0 Å². The van der Waals surface area contributed by atoms with Gasteiger partial charge in [-0.25, -0.2) is 4.79 Å². The van der Waals surface area contributed by atoms with E-state index >= 15 is 0 Å². The summed E-state index contributed by atoms with van der Waals surface area (Å²) < 4.78 is 50.1. The number of hydrogen-bond acceptors (Lipinski definition) is 8. The van der Waals surface area contributed by atoms with E-state index in [9.17, 15) is 27.9 Å². The van der Waals surface area contributed by atoms with E-state index in [0.29, 0.717) is 49.7 Å². The van der Waals surface area contributed by atoms with Crippen LogP contribution in [-0.4, -0.2) is 77.8 Å². The van der Waals surface area contributed by atoms with Crippen molar-refractivity contribution in [3.8, 4) is 11.5 Å². The van der Waals surface area contributed by atoms with Gasteiger partial charge in [0.15, 0.2) is 5.82 Å². The lowest BCUT2D eigenvalue weighted by Crippen LogP contribution is -2.51. The van der Waals surface area contributed by atoms with E-state index in [1.54, 1.807) is 30.2 Å². The molecule has 3 aromatic heterocycles. The van der Waals surface area contributed by atoms with Crippen LogP contribution in [0, 0.1) is 0 Å². The number of piperazine rings is 1. The third-order valence-corrected chi connectivity index (χ3v) is 8.88. The van der Waals surface area contributed by atoms with Gasteiger partial charge in [-0.1, -0.05) is 36.7 Å². The van der Waals surface area contributed by atoms with Crippen LogP contribution < -0.4 is 15.8 Å². The van der Waals surface area contributed by atoms with Gasteiger partial charge in [0, 0.05) is 49.8 Å². The molecule has 0 aliphatic carbocycles. The Morgan fingerprint density at radius 3 is 2.40 bits per heavy atom. The number of halogens is 4. The standard InChI is InChI=1S/C34H38ClF3N8O4/c1-6-24-28(43-13-15-44(16-14-43)32(49)50-33(2,3)4)30(48)46-31(40-29(41-46)26-17-20-9-7-8-10-25(20)42(26)5)45(24)19-27(47)39-23-12-11-21(18-22(23)35)34(36,37)38/h7-12,17-18,27,39,47H,6,13-16,19H2,1-5H3. The van der Waals surface area contributed by atoms with Gasteiger partial charge < -0.3 is 34.1 Å². The normalized spacial score (nSPS) is 14.8. The number of benzene rings is 2. The molecule has 5 aromatic rings. The van der Waals surface area contributed by atoms with Crippen molar-refractivity contribution in [2.75, 3.05) is 36.4 Å². The summed E-state index contributed by atoms with van der Waals surface area (Å²) in [7, 11) is 1.88. The number of amides is 1. The maximum atomic E-state index is 14.3. The zero-order valence-electron chi connectivity index (χ0n) is 28.3. The van der Waals surface area contributed by atoms with Crippen LogP contribution in [0.15, 0.2) is 53.3 Å². The molecule has 2 aromatic carbocycles. The van der Waals surface area contributed by atoms with E-state index < -0.39 is 35.2 Å². The summed E-state index contributed by atoms with van der Waals surface area (Å²) >= 11 is 6.18. The Labute approximate surface area is 290 Å². The number of aliphatic hydroxyl groups is 1. The fourth-order valence-electron chi connectivity index (χ4n) is 6.21. The molecule has 6 rings (SSSR count). The highest BCUT2D eigenvalue weighted by atomic mass is 35.5. The molecular weight excluding hydrogens is 677 g/mol. The zero-order chi connectivity index (χ0) is 36.1. The minimum absolute atomic E-state index is 0.0958. The van der Waals surface area contributed by atoms with Gasteiger partial charge in [0.05, 0.1) is 28.5 Å². The number of anilines is 2. The number of nitrogens with one attached hydrogen (secondary N) is 1. The second-order valence-corrected chi connectivity index (χ2v) is 13.6. The Morgan fingerprint density at radius 2 is 1.78 bits per heavy atom. The number of ether oxygens (including phenoxy) is 1. The molecule has 1 aliphatic rings. The number of nitrogens with zero attached hydrogens (tertiary/aromatic N) is 7. The first kappa shape index (κ1) is 35.1. The number of carbonyl (C=O) groups is 1. The fourth-order valence-corrected chi connectivity index (χ4v) is 6.45. The van der Waals surface area contributed by atoms with E-state index in [1.807, 2.05) is 53.8 Å². The Bertz CT molecular complexity index is 2130. The molecule has 0 bridgehead atoms. The smallest absolute Gasteiger partial charge is 0.416 e. The average Bonchev–Trinajstić information content (AvgIpc) is 3.64. The van der Waals surface area contributed by atoms with E-state index in [4.69, 9.17) is 21.3 Å². The molecule has 0 saturated carbocycles. The minimum Gasteiger partial charge on any atom is -0.444 e. The van der Waals surface area contributed by atoms with E-state index in [0.717, 1.165) is 29.1 Å². The molecular formula is C34H38ClF3N8O4. The second kappa shape index (κ2) is 13.2. The molecule has 1 aliphatic heterocycles. The van der Waals surface area contributed by atoms with Crippen molar-refractivity contribution in [3.63, 3.8) is 0 Å². The van der Waals surface area contributed by atoms with Crippen molar-refractivity contribution in [1.29, 1.82) is 0 Å². The van der Waals surface area contributed by atoms with Crippen molar-refractivity contribution >= 4 is 45.7 Å². The van der Waals surface area contributed by atoms with Crippen LogP contribution >= 0.6 is 11.6 Å². The Morgan fingerprint density at radius 1 is 1.08 bits per heavy atom. The lowest BCUT2D eigenvalue weighted by atomic mass is 10.2. The second-order valence-electron chi connectivity index (χ2n) is 13.2. The maximum absolute atomic E-state index is 14.3. The molecule has 4 heterocycles. The monoisotopic (exact) mass is 714 g/mol. The number of carbonyl (C=O) groups excluding carboxylic acids is 1. The van der Waals surface area contributed by atoms with Crippen molar-refractivity contribution in [1.82, 2.24) is 28.6 Å². The van der Waals surface area contributed by atoms with Gasteiger partial charge in [0.2, 0.25) is 5.78 Å². The van der Waals surface area contributed by atoms with Gasteiger partial charge in [0.25, 0.3) is 5.56 Å². The minimum atomic E-state index is -4.58. The number of para-hydroxylation sites is 1. The first-order valence-electron chi connectivity index (χ1n) is 16.2. The summed E-state index contributed by atoms with van der Waals surface area (Å²) in [5.74, 6) is 0.458. The molecule has 0 spiro atoms. The van der Waals surface area contributed by atoms with Crippen LogP contribution in [0.4, 0.5) is 29.3 Å². The Kier molecular flexibility index (Phi) is 9.24. The van der Waals surface area contributed by atoms with Crippen molar-refractivity contribution in [2.24, 2.45) is 7.05 Å². The molecule has 1 atom stereocenters. The lowest BCUT2D eigenvalue weighted by Gasteiger charge is -2.37. The van der Waals surface area contributed by atoms with Gasteiger partial charge in [-0.15, -0.1) is 5.10 Å². The molecule has 266 valence electrons. The third kappa shape index (κ3) is 6.84. The van der Waals surface area contributed by atoms with Gasteiger partial charge >= 0.3 is 12.3 Å². The van der Waals surface area contributed by atoms with Crippen LogP contribution in [-0.2, 0) is 30.9 Å². The molecule has 1 saturated heterocycles. The largest absolute Gasteiger partial charge is 0.444 e. The molecule has 50 heavy (non-hydrogen) atoms. The molecule has 1 amide bonds. The summed E-state index contributed by atoms with van der Waals surface area (Å²) in [6.07, 6.45) is -6.02. The van der Waals surface area contributed by atoms with Crippen molar-refractivity contribution < 1.29 is 27.8 Å². The first-order valence-corrected chi connectivity index (χ1v) is 16.5. The molecule has 1 fully saturated rings. The summed E-state index contributed by atoms with van der Waals surface area (Å²) in [6, 6.07) is 12.5. The molecule has 12 nitrogen and oxygen atoms in total. The van der Waals surface area contributed by atoms with Gasteiger partial charge in [0.1, 0.15) is 17.5 Å². The van der Waals surface area contributed by atoms with E-state index in [2.05, 4.69) is 10.4 Å². The number of rotatable bonds is 7. The van der Waals surface area contributed by atoms with Crippen molar-refractivity contribution in [2.45, 2.75) is 58.7 Å². The number of hydrogen-bond donors (Lipinski definition) is 2. The third-order valence-electron chi connectivity index (χ3n) is 8.56. The Hall–Kier alpha value is -4.76. The van der Waals surface area contributed by atoms with Crippen LogP contribution in [0.5, 0.6) is 0 Å². The summed E-state index contributed by atoms with van der Waals surface area (Å²) in [5.41, 5.74) is 0.628. The highest BCUT2D eigenvalue weighted by Crippen LogP contribution is 2.34. The summed E-state index contributed by atoms with van der Waals surface area (Å²) in [5, 5.41) is 19.5. The highest BCUT2D eigenvalue weighted by Gasteiger charge is 2.32.